The number of nitrogens with one attached hydrogen (secondary N) is 1. The van der Waals surface area contributed by atoms with Crippen molar-refractivity contribution in [2.24, 2.45) is 0 Å². The standard InChI is InChI=1S/C20H18ClN3O2/c1-2-24(19(25)12-9-14-7-10-15(21)11-8-14)13-18-22-17-6-4-3-5-16(17)20(26)23-18/h3-12H,2,13H2,1H3,(H,22,23,26). The Morgan fingerprint density at radius 1 is 1.19 bits per heavy atom. The SMILES string of the molecule is CCN(Cc1nc2ccccc2c(=O)[nH]1)C(=O)C=Cc1ccc(Cl)cc1. The summed E-state index contributed by atoms with van der Waals surface area (Å²) < 4.78 is 0. The Morgan fingerprint density at radius 3 is 2.65 bits per heavy atom. The summed E-state index contributed by atoms with van der Waals surface area (Å²) in [6.45, 7) is 2.62. The molecular weight excluding hydrogens is 350 g/mol. The van der Waals surface area contributed by atoms with Gasteiger partial charge in [0.25, 0.3) is 5.56 Å². The number of para-hydroxylation sites is 1. The number of amides is 1. The van der Waals surface area contributed by atoms with E-state index in [1.54, 1.807) is 41.3 Å². The van der Waals surface area contributed by atoms with Crippen molar-refractivity contribution in [1.82, 2.24) is 14.9 Å². The molecule has 1 amide bonds. The van der Waals surface area contributed by atoms with Crippen molar-refractivity contribution in [3.05, 3.63) is 81.4 Å². The molecule has 132 valence electrons. The number of hydrogen-bond acceptors (Lipinski definition) is 3. The quantitative estimate of drug-likeness (QED) is 0.700. The summed E-state index contributed by atoms with van der Waals surface area (Å²) in [7, 11) is 0. The first-order valence-corrected chi connectivity index (χ1v) is 8.65. The molecule has 6 heteroatoms. The minimum absolute atomic E-state index is 0.154. The molecule has 0 aliphatic carbocycles. The maximum absolute atomic E-state index is 12.5. The lowest BCUT2D eigenvalue weighted by Crippen LogP contribution is -2.30. The van der Waals surface area contributed by atoms with Gasteiger partial charge in [-0.25, -0.2) is 4.98 Å². The summed E-state index contributed by atoms with van der Waals surface area (Å²) in [4.78, 5) is 33.4. The van der Waals surface area contributed by atoms with Crippen LogP contribution in [0.4, 0.5) is 0 Å². The molecule has 0 bridgehead atoms. The monoisotopic (exact) mass is 367 g/mol. The lowest BCUT2D eigenvalue weighted by molar-refractivity contribution is -0.126. The number of carbonyl (C=O) groups excluding carboxylic acids is 1. The first kappa shape index (κ1) is 17.9. The topological polar surface area (TPSA) is 66.1 Å². The Labute approximate surface area is 155 Å². The van der Waals surface area contributed by atoms with Crippen LogP contribution in [0.1, 0.15) is 18.3 Å². The van der Waals surface area contributed by atoms with Crippen LogP contribution in [0.2, 0.25) is 5.02 Å². The third-order valence-electron chi connectivity index (χ3n) is 3.98. The minimum Gasteiger partial charge on any atom is -0.332 e. The molecule has 3 aromatic rings. The average Bonchev–Trinajstić information content (AvgIpc) is 2.65. The summed E-state index contributed by atoms with van der Waals surface area (Å²) in [6, 6.07) is 14.4. The van der Waals surface area contributed by atoms with Crippen molar-refractivity contribution in [3.8, 4) is 0 Å². The van der Waals surface area contributed by atoms with Crippen molar-refractivity contribution >= 4 is 34.5 Å². The average molecular weight is 368 g/mol. The molecule has 1 aromatic heterocycles. The number of benzene rings is 2. The lowest BCUT2D eigenvalue weighted by atomic mass is 10.2. The van der Waals surface area contributed by atoms with E-state index in [0.29, 0.717) is 28.3 Å². The Kier molecular flexibility index (Phi) is 5.49. The summed E-state index contributed by atoms with van der Waals surface area (Å²) in [5.41, 5.74) is 1.30. The number of halogens is 1. The second-order valence-corrected chi connectivity index (χ2v) is 6.20. The summed E-state index contributed by atoms with van der Waals surface area (Å²) in [5.74, 6) is 0.307. The van der Waals surface area contributed by atoms with Crippen LogP contribution >= 0.6 is 11.6 Å². The molecule has 0 spiro atoms. The Bertz CT molecular complexity index is 1010. The summed E-state index contributed by atoms with van der Waals surface area (Å²) in [5, 5.41) is 1.18. The van der Waals surface area contributed by atoms with Gasteiger partial charge < -0.3 is 9.88 Å². The zero-order valence-electron chi connectivity index (χ0n) is 14.3. The number of H-pyrrole nitrogens is 1. The largest absolute Gasteiger partial charge is 0.332 e. The number of fused-ring (bicyclic) bond motifs is 1. The molecule has 0 unspecified atom stereocenters. The van der Waals surface area contributed by atoms with Gasteiger partial charge in [0.15, 0.2) is 0 Å². The molecule has 0 fully saturated rings. The van der Waals surface area contributed by atoms with Crippen LogP contribution in [0.25, 0.3) is 17.0 Å². The third-order valence-corrected chi connectivity index (χ3v) is 4.24. The zero-order chi connectivity index (χ0) is 18.5. The van der Waals surface area contributed by atoms with E-state index in [4.69, 9.17) is 11.6 Å². The molecule has 0 atom stereocenters. The second kappa shape index (κ2) is 7.97. The van der Waals surface area contributed by atoms with Gasteiger partial charge in [-0.15, -0.1) is 0 Å². The smallest absolute Gasteiger partial charge is 0.258 e. The number of aromatic nitrogens is 2. The predicted molar refractivity (Wildman–Crippen MR) is 104 cm³/mol. The van der Waals surface area contributed by atoms with Gasteiger partial charge in [0, 0.05) is 17.6 Å². The zero-order valence-corrected chi connectivity index (χ0v) is 15.0. The highest BCUT2D eigenvalue weighted by molar-refractivity contribution is 6.30. The van der Waals surface area contributed by atoms with E-state index in [-0.39, 0.29) is 18.0 Å². The molecule has 0 radical (unpaired) electrons. The number of aromatic amines is 1. The summed E-state index contributed by atoms with van der Waals surface area (Å²) in [6.07, 6.45) is 3.24. The van der Waals surface area contributed by atoms with E-state index in [0.717, 1.165) is 5.56 Å². The van der Waals surface area contributed by atoms with Gasteiger partial charge in [-0.3, -0.25) is 9.59 Å². The molecule has 26 heavy (non-hydrogen) atoms. The lowest BCUT2D eigenvalue weighted by Gasteiger charge is -2.18. The van der Waals surface area contributed by atoms with Crippen LogP contribution in [-0.2, 0) is 11.3 Å². The van der Waals surface area contributed by atoms with Crippen molar-refractivity contribution in [3.63, 3.8) is 0 Å². The highest BCUT2D eigenvalue weighted by atomic mass is 35.5. The molecule has 2 aromatic carbocycles. The molecule has 1 N–H and O–H groups in total. The maximum Gasteiger partial charge on any atom is 0.258 e. The molecule has 0 aliphatic rings. The Morgan fingerprint density at radius 2 is 1.92 bits per heavy atom. The van der Waals surface area contributed by atoms with Crippen LogP contribution < -0.4 is 5.56 Å². The van der Waals surface area contributed by atoms with E-state index in [1.165, 1.54) is 6.08 Å². The van der Waals surface area contributed by atoms with E-state index >= 15 is 0 Å². The maximum atomic E-state index is 12.5. The predicted octanol–water partition coefficient (Wildman–Crippen LogP) is 3.64. The van der Waals surface area contributed by atoms with Crippen molar-refractivity contribution in [2.45, 2.75) is 13.5 Å². The van der Waals surface area contributed by atoms with Gasteiger partial charge in [-0.2, -0.15) is 0 Å². The van der Waals surface area contributed by atoms with Crippen LogP contribution in [0.3, 0.4) is 0 Å². The number of hydrogen-bond donors (Lipinski definition) is 1. The third kappa shape index (κ3) is 4.18. The first-order chi connectivity index (χ1) is 12.6. The normalized spacial score (nSPS) is 11.2. The van der Waals surface area contributed by atoms with Crippen molar-refractivity contribution < 1.29 is 4.79 Å². The van der Waals surface area contributed by atoms with E-state index < -0.39 is 0 Å². The highest BCUT2D eigenvalue weighted by Gasteiger charge is 2.12. The molecule has 0 saturated heterocycles. The van der Waals surface area contributed by atoms with Gasteiger partial charge in [0.05, 0.1) is 17.4 Å². The molecule has 3 rings (SSSR count). The van der Waals surface area contributed by atoms with E-state index in [2.05, 4.69) is 9.97 Å². The molecule has 0 saturated carbocycles. The van der Waals surface area contributed by atoms with Gasteiger partial charge in [-0.05, 0) is 42.8 Å². The number of likely N-dealkylation sites (N-methyl/N-ethyl adjacent to an activating group) is 1. The van der Waals surface area contributed by atoms with Crippen LogP contribution in [0.5, 0.6) is 0 Å². The Hall–Kier alpha value is -2.92. The first-order valence-electron chi connectivity index (χ1n) is 8.27. The minimum atomic E-state index is -0.203. The molecule has 1 heterocycles. The van der Waals surface area contributed by atoms with Gasteiger partial charge in [0.2, 0.25) is 5.91 Å². The van der Waals surface area contributed by atoms with Gasteiger partial charge in [0.1, 0.15) is 5.82 Å². The fraction of sp³-hybridized carbons (Fsp3) is 0.150. The fourth-order valence-electron chi connectivity index (χ4n) is 2.58. The second-order valence-electron chi connectivity index (χ2n) is 5.77. The summed E-state index contributed by atoms with van der Waals surface area (Å²) >= 11 is 5.86. The van der Waals surface area contributed by atoms with Crippen LogP contribution in [0.15, 0.2) is 59.4 Å². The number of rotatable bonds is 5. The molecule has 0 aliphatic heterocycles. The van der Waals surface area contributed by atoms with Crippen molar-refractivity contribution in [1.29, 1.82) is 0 Å². The molecule has 5 nitrogen and oxygen atoms in total. The van der Waals surface area contributed by atoms with E-state index in [9.17, 15) is 9.59 Å². The fourth-order valence-corrected chi connectivity index (χ4v) is 2.71. The van der Waals surface area contributed by atoms with E-state index in [1.807, 2.05) is 25.1 Å². The van der Waals surface area contributed by atoms with Crippen molar-refractivity contribution in [2.75, 3.05) is 6.54 Å². The van der Waals surface area contributed by atoms with Crippen LogP contribution in [0, 0.1) is 0 Å². The highest BCUT2D eigenvalue weighted by Crippen LogP contribution is 2.11. The molecular formula is C20H18ClN3O2. The van der Waals surface area contributed by atoms with Crippen LogP contribution in [-0.4, -0.2) is 27.3 Å². The van der Waals surface area contributed by atoms with Gasteiger partial charge in [-0.1, -0.05) is 35.9 Å². The number of nitrogens with zero attached hydrogens (tertiary/aromatic N) is 2. The Balaban J connectivity index is 1.77. The van der Waals surface area contributed by atoms with Gasteiger partial charge >= 0.3 is 0 Å². The number of carbonyl (C=O) groups is 1.